The molecular weight excluding hydrogens is 291 g/mol. The van der Waals surface area contributed by atoms with Gasteiger partial charge in [0.1, 0.15) is 5.82 Å². The summed E-state index contributed by atoms with van der Waals surface area (Å²) in [5.41, 5.74) is 2.55. The molecule has 0 aliphatic rings. The molecule has 0 heterocycles. The van der Waals surface area contributed by atoms with Crippen molar-refractivity contribution in [3.63, 3.8) is 0 Å². The molecule has 0 fully saturated rings. The number of benzene rings is 2. The van der Waals surface area contributed by atoms with Crippen LogP contribution in [0.1, 0.15) is 28.4 Å². The fraction of sp³-hybridized carbons (Fsp3) is 0.316. The van der Waals surface area contributed by atoms with E-state index in [1.165, 1.54) is 12.1 Å². The fourth-order valence-corrected chi connectivity index (χ4v) is 2.56. The van der Waals surface area contributed by atoms with Gasteiger partial charge >= 0.3 is 0 Å². The van der Waals surface area contributed by atoms with Crippen LogP contribution in [0.5, 0.6) is 0 Å². The summed E-state index contributed by atoms with van der Waals surface area (Å²) in [6.45, 7) is 3.75. The van der Waals surface area contributed by atoms with Crippen molar-refractivity contribution in [1.82, 2.24) is 10.2 Å². The minimum absolute atomic E-state index is 0.0107. The Labute approximate surface area is 137 Å². The van der Waals surface area contributed by atoms with Gasteiger partial charge in [-0.05, 0) is 56.3 Å². The second kappa shape index (κ2) is 8.44. The molecule has 1 amide bonds. The second-order valence-electron chi connectivity index (χ2n) is 5.46. The van der Waals surface area contributed by atoms with Gasteiger partial charge in [-0.15, -0.1) is 0 Å². The summed E-state index contributed by atoms with van der Waals surface area (Å²) in [5.74, 6) is -0.288. The second-order valence-corrected chi connectivity index (χ2v) is 5.46. The molecule has 0 bridgehead atoms. The Hall–Kier alpha value is -2.20. The molecule has 0 unspecified atom stereocenters. The topological polar surface area (TPSA) is 32.3 Å². The minimum Gasteiger partial charge on any atom is -0.335 e. The molecule has 0 radical (unpaired) electrons. The highest BCUT2D eigenvalue weighted by molar-refractivity contribution is 5.95. The van der Waals surface area contributed by atoms with Crippen molar-refractivity contribution in [2.75, 3.05) is 20.1 Å². The molecule has 0 saturated heterocycles. The Bertz CT molecular complexity index is 657. The molecular formula is C19H23FN2O. The molecule has 122 valence electrons. The van der Waals surface area contributed by atoms with Gasteiger partial charge in [-0.2, -0.15) is 0 Å². The number of rotatable bonds is 7. The highest BCUT2D eigenvalue weighted by Crippen LogP contribution is 2.15. The Morgan fingerprint density at radius 1 is 1.17 bits per heavy atom. The molecule has 3 nitrogen and oxygen atoms in total. The summed E-state index contributed by atoms with van der Waals surface area (Å²) in [7, 11) is 1.90. The third-order valence-electron chi connectivity index (χ3n) is 3.82. The van der Waals surface area contributed by atoms with Crippen LogP contribution in [0, 0.1) is 5.82 Å². The van der Waals surface area contributed by atoms with Gasteiger partial charge in [-0.1, -0.05) is 30.3 Å². The minimum atomic E-state index is -0.277. The number of likely N-dealkylation sites (N-methyl/N-ethyl adjacent to an activating group) is 1. The van der Waals surface area contributed by atoms with Crippen LogP contribution in [-0.2, 0) is 13.0 Å². The molecule has 0 aliphatic heterocycles. The van der Waals surface area contributed by atoms with Crippen LogP contribution in [0.3, 0.4) is 0 Å². The largest absolute Gasteiger partial charge is 0.335 e. The zero-order valence-electron chi connectivity index (χ0n) is 13.7. The maximum Gasteiger partial charge on any atom is 0.254 e. The Kier molecular flexibility index (Phi) is 6.29. The van der Waals surface area contributed by atoms with Gasteiger partial charge in [-0.25, -0.2) is 4.39 Å². The molecule has 0 saturated carbocycles. The van der Waals surface area contributed by atoms with Crippen LogP contribution < -0.4 is 5.32 Å². The number of halogens is 1. The third-order valence-corrected chi connectivity index (χ3v) is 3.82. The van der Waals surface area contributed by atoms with Gasteiger partial charge in [0, 0.05) is 18.7 Å². The molecule has 0 aliphatic carbocycles. The Morgan fingerprint density at radius 3 is 2.65 bits per heavy atom. The highest BCUT2D eigenvalue weighted by Gasteiger charge is 2.17. The number of carbonyl (C=O) groups excluding carboxylic acids is 1. The van der Waals surface area contributed by atoms with Gasteiger partial charge in [0.2, 0.25) is 0 Å². The lowest BCUT2D eigenvalue weighted by Crippen LogP contribution is -2.31. The maximum absolute atomic E-state index is 13.3. The quantitative estimate of drug-likeness (QED) is 0.851. The van der Waals surface area contributed by atoms with Gasteiger partial charge < -0.3 is 10.2 Å². The third kappa shape index (κ3) is 4.63. The highest BCUT2D eigenvalue weighted by atomic mass is 19.1. The summed E-state index contributed by atoms with van der Waals surface area (Å²) < 4.78 is 13.3. The van der Waals surface area contributed by atoms with Crippen molar-refractivity contribution in [1.29, 1.82) is 0 Å². The molecule has 2 aromatic carbocycles. The number of nitrogens with zero attached hydrogens (tertiary/aromatic N) is 1. The zero-order valence-corrected chi connectivity index (χ0v) is 13.7. The van der Waals surface area contributed by atoms with Crippen LogP contribution in [-0.4, -0.2) is 30.9 Å². The number of hydrogen-bond donors (Lipinski definition) is 1. The number of amides is 1. The van der Waals surface area contributed by atoms with E-state index in [9.17, 15) is 9.18 Å². The van der Waals surface area contributed by atoms with Gasteiger partial charge in [0.25, 0.3) is 5.91 Å². The lowest BCUT2D eigenvalue weighted by molar-refractivity contribution is 0.0751. The average Bonchev–Trinajstić information content (AvgIpc) is 2.57. The van der Waals surface area contributed by atoms with E-state index in [0.717, 1.165) is 29.7 Å². The lowest BCUT2D eigenvalue weighted by atomic mass is 10.0. The standard InChI is InChI=1S/C19H23FN2O/c1-3-22(14-15-7-6-9-17(20)13-15)19(23)18-10-5-4-8-16(18)11-12-21-2/h4-10,13,21H,3,11-12,14H2,1-2H3. The normalized spacial score (nSPS) is 10.6. The van der Waals surface area contributed by atoms with E-state index in [0.29, 0.717) is 13.1 Å². The molecule has 2 rings (SSSR count). The van der Waals surface area contributed by atoms with E-state index >= 15 is 0 Å². The van der Waals surface area contributed by atoms with E-state index in [1.54, 1.807) is 11.0 Å². The number of nitrogens with one attached hydrogen (secondary N) is 1. The average molecular weight is 314 g/mol. The zero-order chi connectivity index (χ0) is 16.7. The monoisotopic (exact) mass is 314 g/mol. The first-order chi connectivity index (χ1) is 11.2. The van der Waals surface area contributed by atoms with Gasteiger partial charge in [-0.3, -0.25) is 4.79 Å². The summed E-state index contributed by atoms with van der Waals surface area (Å²) in [6, 6.07) is 14.1. The Morgan fingerprint density at radius 2 is 1.96 bits per heavy atom. The molecule has 0 atom stereocenters. The summed E-state index contributed by atoms with van der Waals surface area (Å²) in [5, 5.41) is 3.11. The number of hydrogen-bond acceptors (Lipinski definition) is 2. The fourth-order valence-electron chi connectivity index (χ4n) is 2.56. The van der Waals surface area contributed by atoms with Crippen molar-refractivity contribution in [3.05, 3.63) is 71.0 Å². The van der Waals surface area contributed by atoms with Crippen LogP contribution >= 0.6 is 0 Å². The van der Waals surface area contributed by atoms with Crippen LogP contribution in [0.4, 0.5) is 4.39 Å². The summed E-state index contributed by atoms with van der Waals surface area (Å²) in [6.07, 6.45) is 0.802. The van der Waals surface area contributed by atoms with Gasteiger partial charge in [0.15, 0.2) is 0 Å². The smallest absolute Gasteiger partial charge is 0.254 e. The van der Waals surface area contributed by atoms with Crippen LogP contribution in [0.2, 0.25) is 0 Å². The van der Waals surface area contributed by atoms with E-state index in [4.69, 9.17) is 0 Å². The Balaban J connectivity index is 2.19. The van der Waals surface area contributed by atoms with Crippen molar-refractivity contribution in [2.45, 2.75) is 19.9 Å². The van der Waals surface area contributed by atoms with Crippen LogP contribution in [0.25, 0.3) is 0 Å². The molecule has 2 aromatic rings. The first-order valence-corrected chi connectivity index (χ1v) is 7.92. The van der Waals surface area contributed by atoms with Gasteiger partial charge in [0.05, 0.1) is 0 Å². The predicted octanol–water partition coefficient (Wildman–Crippen LogP) is 3.25. The SMILES string of the molecule is CCN(Cc1cccc(F)c1)C(=O)c1ccccc1CCNC. The summed E-state index contributed by atoms with van der Waals surface area (Å²) in [4.78, 5) is 14.6. The molecule has 4 heteroatoms. The van der Waals surface area contributed by atoms with E-state index in [1.807, 2.05) is 44.3 Å². The van der Waals surface area contributed by atoms with Crippen molar-refractivity contribution in [3.8, 4) is 0 Å². The van der Waals surface area contributed by atoms with Crippen molar-refractivity contribution < 1.29 is 9.18 Å². The maximum atomic E-state index is 13.3. The molecule has 0 aromatic heterocycles. The molecule has 0 spiro atoms. The summed E-state index contributed by atoms with van der Waals surface area (Å²) >= 11 is 0. The van der Waals surface area contributed by atoms with Crippen molar-refractivity contribution in [2.24, 2.45) is 0 Å². The first-order valence-electron chi connectivity index (χ1n) is 7.92. The van der Waals surface area contributed by atoms with E-state index < -0.39 is 0 Å². The van der Waals surface area contributed by atoms with E-state index in [-0.39, 0.29) is 11.7 Å². The number of carbonyl (C=O) groups is 1. The van der Waals surface area contributed by atoms with E-state index in [2.05, 4.69) is 5.32 Å². The molecule has 23 heavy (non-hydrogen) atoms. The van der Waals surface area contributed by atoms with Crippen molar-refractivity contribution >= 4 is 5.91 Å². The molecule has 1 N–H and O–H groups in total. The first kappa shape index (κ1) is 17.2. The lowest BCUT2D eigenvalue weighted by Gasteiger charge is -2.22. The van der Waals surface area contributed by atoms with Crippen LogP contribution in [0.15, 0.2) is 48.5 Å². The predicted molar refractivity (Wildman–Crippen MR) is 90.9 cm³/mol.